The van der Waals surface area contributed by atoms with Crippen molar-refractivity contribution >= 4 is 31.6 Å². The third-order valence-electron chi connectivity index (χ3n) is 4.22. The Morgan fingerprint density at radius 3 is 2.60 bits per heavy atom. The number of anilines is 1. The predicted molar refractivity (Wildman–Crippen MR) is 96.0 cm³/mol. The van der Waals surface area contributed by atoms with Gasteiger partial charge < -0.3 is 4.90 Å². The number of nitrogens with one attached hydrogen (secondary N) is 1. The molecule has 1 aliphatic rings. The Kier molecular flexibility index (Phi) is 5.41. The maximum absolute atomic E-state index is 13.8. The standard InChI is InChI=1S/C17H17BrF2N2O2S/c18-13-1-6-16(20)17(9-13)25(23,24)21-10-12-7-8-22(11-12)15-4-2-14(19)3-5-15/h1-6,9,12,21H,7-8,10-11H2. The van der Waals surface area contributed by atoms with Crippen LogP contribution >= 0.6 is 15.9 Å². The third-order valence-corrected chi connectivity index (χ3v) is 6.15. The molecular formula is C17H17BrF2N2O2S. The van der Waals surface area contributed by atoms with Crippen LogP contribution in [0.5, 0.6) is 0 Å². The van der Waals surface area contributed by atoms with Crippen molar-refractivity contribution in [1.29, 1.82) is 0 Å². The fourth-order valence-corrected chi connectivity index (χ4v) is 4.60. The summed E-state index contributed by atoms with van der Waals surface area (Å²) in [5.41, 5.74) is 0.907. The molecule has 0 spiro atoms. The highest BCUT2D eigenvalue weighted by Gasteiger charge is 2.26. The molecule has 1 atom stereocenters. The van der Waals surface area contributed by atoms with Gasteiger partial charge in [0.15, 0.2) is 0 Å². The van der Waals surface area contributed by atoms with E-state index in [0.29, 0.717) is 11.0 Å². The average molecular weight is 431 g/mol. The van der Waals surface area contributed by atoms with Crippen molar-refractivity contribution in [2.24, 2.45) is 5.92 Å². The quantitative estimate of drug-likeness (QED) is 0.788. The van der Waals surface area contributed by atoms with Crippen LogP contribution in [0.3, 0.4) is 0 Å². The Morgan fingerprint density at radius 1 is 1.16 bits per heavy atom. The normalized spacial score (nSPS) is 17.9. The summed E-state index contributed by atoms with van der Waals surface area (Å²) < 4.78 is 54.4. The van der Waals surface area contributed by atoms with E-state index in [-0.39, 0.29) is 23.2 Å². The minimum absolute atomic E-state index is 0.107. The van der Waals surface area contributed by atoms with E-state index in [1.165, 1.54) is 24.3 Å². The van der Waals surface area contributed by atoms with Gasteiger partial charge in [-0.1, -0.05) is 15.9 Å². The average Bonchev–Trinajstić information content (AvgIpc) is 3.05. The van der Waals surface area contributed by atoms with Crippen molar-refractivity contribution in [2.45, 2.75) is 11.3 Å². The molecule has 0 bridgehead atoms. The smallest absolute Gasteiger partial charge is 0.243 e. The molecule has 1 saturated heterocycles. The van der Waals surface area contributed by atoms with Gasteiger partial charge in [0.2, 0.25) is 10.0 Å². The second-order valence-electron chi connectivity index (χ2n) is 6.00. The molecule has 3 rings (SSSR count). The first-order chi connectivity index (χ1) is 11.8. The summed E-state index contributed by atoms with van der Waals surface area (Å²) in [6.45, 7) is 1.66. The fourth-order valence-electron chi connectivity index (χ4n) is 2.87. The van der Waals surface area contributed by atoms with Crippen LogP contribution in [0.4, 0.5) is 14.5 Å². The molecular weight excluding hydrogens is 414 g/mol. The van der Waals surface area contributed by atoms with Gasteiger partial charge in [-0.05, 0) is 54.8 Å². The molecule has 1 N–H and O–H groups in total. The van der Waals surface area contributed by atoms with Gasteiger partial charge in [0.25, 0.3) is 0 Å². The summed E-state index contributed by atoms with van der Waals surface area (Å²) in [4.78, 5) is 1.72. The molecule has 0 aliphatic carbocycles. The minimum Gasteiger partial charge on any atom is -0.371 e. The molecule has 0 amide bonds. The van der Waals surface area contributed by atoms with Crippen LogP contribution in [0, 0.1) is 17.6 Å². The number of rotatable bonds is 5. The van der Waals surface area contributed by atoms with E-state index in [2.05, 4.69) is 25.6 Å². The fraction of sp³-hybridized carbons (Fsp3) is 0.294. The molecule has 134 valence electrons. The summed E-state index contributed by atoms with van der Waals surface area (Å²) in [6, 6.07) is 10.0. The highest BCUT2D eigenvalue weighted by atomic mass is 79.9. The van der Waals surface area contributed by atoms with E-state index in [9.17, 15) is 17.2 Å². The number of halogens is 3. The van der Waals surface area contributed by atoms with Gasteiger partial charge in [-0.2, -0.15) is 0 Å². The van der Waals surface area contributed by atoms with Crippen LogP contribution < -0.4 is 9.62 Å². The van der Waals surface area contributed by atoms with Crippen molar-refractivity contribution in [1.82, 2.24) is 4.72 Å². The second kappa shape index (κ2) is 7.39. The van der Waals surface area contributed by atoms with E-state index in [4.69, 9.17) is 0 Å². The van der Waals surface area contributed by atoms with Gasteiger partial charge in [-0.25, -0.2) is 21.9 Å². The molecule has 4 nitrogen and oxygen atoms in total. The molecule has 1 heterocycles. The highest BCUT2D eigenvalue weighted by molar-refractivity contribution is 9.10. The zero-order valence-electron chi connectivity index (χ0n) is 13.3. The molecule has 1 unspecified atom stereocenters. The van der Waals surface area contributed by atoms with Crippen LogP contribution in [0.25, 0.3) is 0 Å². The first-order valence-corrected chi connectivity index (χ1v) is 10.1. The summed E-state index contributed by atoms with van der Waals surface area (Å²) in [6.07, 6.45) is 0.806. The SMILES string of the molecule is O=S(=O)(NCC1CCN(c2ccc(F)cc2)C1)c1cc(Br)ccc1F. The Balaban J connectivity index is 1.62. The van der Waals surface area contributed by atoms with Gasteiger partial charge in [0.1, 0.15) is 16.5 Å². The van der Waals surface area contributed by atoms with Gasteiger partial charge in [-0.3, -0.25) is 0 Å². The number of hydrogen-bond donors (Lipinski definition) is 1. The Labute approximate surface area is 154 Å². The van der Waals surface area contributed by atoms with Gasteiger partial charge in [-0.15, -0.1) is 0 Å². The molecule has 2 aromatic rings. The van der Waals surface area contributed by atoms with Gasteiger partial charge in [0.05, 0.1) is 0 Å². The van der Waals surface area contributed by atoms with Crippen molar-refractivity contribution in [2.75, 3.05) is 24.5 Å². The summed E-state index contributed by atoms with van der Waals surface area (Å²) >= 11 is 3.15. The molecule has 0 aromatic heterocycles. The zero-order valence-corrected chi connectivity index (χ0v) is 15.7. The first-order valence-electron chi connectivity index (χ1n) is 7.80. The lowest BCUT2D eigenvalue weighted by molar-refractivity contribution is 0.531. The summed E-state index contributed by atoms with van der Waals surface area (Å²) in [7, 11) is -3.91. The van der Waals surface area contributed by atoms with E-state index in [1.807, 2.05) is 0 Å². The lowest BCUT2D eigenvalue weighted by Crippen LogP contribution is -2.31. The molecule has 0 saturated carbocycles. The molecule has 1 fully saturated rings. The number of nitrogens with zero attached hydrogens (tertiary/aromatic N) is 1. The molecule has 2 aromatic carbocycles. The topological polar surface area (TPSA) is 49.4 Å². The van der Waals surface area contributed by atoms with E-state index < -0.39 is 15.8 Å². The summed E-state index contributed by atoms with van der Waals surface area (Å²) in [5.74, 6) is -0.964. The molecule has 25 heavy (non-hydrogen) atoms. The number of benzene rings is 2. The largest absolute Gasteiger partial charge is 0.371 e. The molecule has 1 aliphatic heterocycles. The van der Waals surface area contributed by atoms with Crippen molar-refractivity contribution in [3.63, 3.8) is 0 Å². The van der Waals surface area contributed by atoms with Crippen LogP contribution in [-0.4, -0.2) is 28.1 Å². The Morgan fingerprint density at radius 2 is 1.88 bits per heavy atom. The van der Waals surface area contributed by atoms with E-state index >= 15 is 0 Å². The van der Waals surface area contributed by atoms with Crippen molar-refractivity contribution in [3.8, 4) is 0 Å². The number of hydrogen-bond acceptors (Lipinski definition) is 3. The monoisotopic (exact) mass is 430 g/mol. The Bertz CT molecular complexity index is 859. The van der Waals surface area contributed by atoms with Gasteiger partial charge >= 0.3 is 0 Å². The van der Waals surface area contributed by atoms with Crippen LogP contribution in [-0.2, 0) is 10.0 Å². The minimum atomic E-state index is -3.91. The van der Waals surface area contributed by atoms with Crippen LogP contribution in [0.1, 0.15) is 6.42 Å². The molecule has 0 radical (unpaired) electrons. The van der Waals surface area contributed by atoms with E-state index in [0.717, 1.165) is 24.7 Å². The second-order valence-corrected chi connectivity index (χ2v) is 8.65. The lowest BCUT2D eigenvalue weighted by Gasteiger charge is -2.19. The van der Waals surface area contributed by atoms with Crippen molar-refractivity contribution in [3.05, 3.63) is 58.6 Å². The Hall–Kier alpha value is -1.51. The van der Waals surface area contributed by atoms with Crippen LogP contribution in [0.2, 0.25) is 0 Å². The highest BCUT2D eigenvalue weighted by Crippen LogP contribution is 2.25. The van der Waals surface area contributed by atoms with Crippen LogP contribution in [0.15, 0.2) is 51.8 Å². The third kappa shape index (κ3) is 4.37. The maximum atomic E-state index is 13.8. The van der Waals surface area contributed by atoms with Gasteiger partial charge in [0, 0.05) is 29.8 Å². The van der Waals surface area contributed by atoms with E-state index in [1.54, 1.807) is 12.1 Å². The predicted octanol–water partition coefficient (Wildman–Crippen LogP) is 3.53. The maximum Gasteiger partial charge on any atom is 0.243 e. The zero-order chi connectivity index (χ0) is 18.0. The number of sulfonamides is 1. The first kappa shape index (κ1) is 18.3. The summed E-state index contributed by atoms with van der Waals surface area (Å²) in [5, 5.41) is 0. The van der Waals surface area contributed by atoms with Crippen molar-refractivity contribution < 1.29 is 17.2 Å². The molecule has 8 heteroatoms. The lowest BCUT2D eigenvalue weighted by atomic mass is 10.1.